The Bertz CT molecular complexity index is 144. The Morgan fingerprint density at radius 3 is 1.40 bits per heavy atom. The van der Waals surface area contributed by atoms with Crippen molar-refractivity contribution in [3.05, 3.63) is 0 Å². The minimum absolute atomic E-state index is 0.360. The van der Waals surface area contributed by atoms with E-state index in [0.29, 0.717) is 13.4 Å². The minimum Gasteiger partial charge on any atom is -0.396 e. The Labute approximate surface area is 126 Å². The summed E-state index contributed by atoms with van der Waals surface area (Å²) >= 11 is 0. The van der Waals surface area contributed by atoms with Crippen molar-refractivity contribution in [1.82, 2.24) is 0 Å². The van der Waals surface area contributed by atoms with Gasteiger partial charge in [-0.1, -0.05) is 70.6 Å². The number of unbranched alkanes of at least 4 members (excludes halogenated alkanes) is 12. The number of hydrogen-bond acceptors (Lipinski definition) is 3. The summed E-state index contributed by atoms with van der Waals surface area (Å²) in [6, 6.07) is 0. The van der Waals surface area contributed by atoms with Crippen molar-refractivity contribution in [2.24, 2.45) is 0 Å². The highest BCUT2D eigenvalue weighted by Gasteiger charge is 1.94. The molecular formula is C17H36O3. The summed E-state index contributed by atoms with van der Waals surface area (Å²) in [6.45, 7) is 1.63. The fourth-order valence-corrected chi connectivity index (χ4v) is 2.40. The molecule has 0 aliphatic carbocycles. The van der Waals surface area contributed by atoms with Crippen LogP contribution in [-0.2, 0) is 9.47 Å². The minimum atomic E-state index is 0.360. The van der Waals surface area contributed by atoms with Crippen LogP contribution < -0.4 is 0 Å². The van der Waals surface area contributed by atoms with E-state index in [1.807, 2.05) is 0 Å². The van der Waals surface area contributed by atoms with E-state index in [1.165, 1.54) is 70.6 Å². The van der Waals surface area contributed by atoms with Crippen LogP contribution in [-0.4, -0.2) is 32.2 Å². The fourth-order valence-electron chi connectivity index (χ4n) is 2.40. The SMILES string of the molecule is COCOCCCCCCCCCCCCCCCO. The molecule has 0 unspecified atom stereocenters. The average Bonchev–Trinajstić information content (AvgIpc) is 2.47. The molecule has 122 valence electrons. The van der Waals surface area contributed by atoms with Crippen molar-refractivity contribution in [2.75, 3.05) is 27.1 Å². The zero-order valence-corrected chi connectivity index (χ0v) is 13.6. The van der Waals surface area contributed by atoms with Gasteiger partial charge in [0, 0.05) is 20.3 Å². The molecule has 0 fully saturated rings. The molecule has 0 atom stereocenters. The van der Waals surface area contributed by atoms with Gasteiger partial charge in [0.2, 0.25) is 0 Å². The topological polar surface area (TPSA) is 38.7 Å². The van der Waals surface area contributed by atoms with E-state index >= 15 is 0 Å². The molecule has 3 heteroatoms. The lowest BCUT2D eigenvalue weighted by Crippen LogP contribution is -1.98. The Balaban J connectivity index is 2.89. The van der Waals surface area contributed by atoms with Crippen molar-refractivity contribution < 1.29 is 14.6 Å². The van der Waals surface area contributed by atoms with Crippen LogP contribution in [0, 0.1) is 0 Å². The molecule has 0 aromatic heterocycles. The number of hydrogen-bond donors (Lipinski definition) is 1. The molecule has 3 nitrogen and oxygen atoms in total. The molecule has 0 bridgehead atoms. The van der Waals surface area contributed by atoms with Crippen LogP contribution in [0.25, 0.3) is 0 Å². The largest absolute Gasteiger partial charge is 0.396 e. The third-order valence-electron chi connectivity index (χ3n) is 3.65. The molecule has 0 radical (unpaired) electrons. The van der Waals surface area contributed by atoms with Crippen molar-refractivity contribution in [2.45, 2.75) is 83.5 Å². The second-order valence-electron chi connectivity index (χ2n) is 5.63. The molecule has 0 aromatic rings. The zero-order chi connectivity index (χ0) is 14.7. The zero-order valence-electron chi connectivity index (χ0n) is 13.6. The molecule has 0 saturated heterocycles. The summed E-state index contributed by atoms with van der Waals surface area (Å²) in [6.07, 6.45) is 17.0. The van der Waals surface area contributed by atoms with Crippen molar-refractivity contribution in [1.29, 1.82) is 0 Å². The monoisotopic (exact) mass is 288 g/mol. The number of ether oxygens (including phenoxy) is 2. The van der Waals surface area contributed by atoms with Gasteiger partial charge >= 0.3 is 0 Å². The summed E-state index contributed by atoms with van der Waals surface area (Å²) in [4.78, 5) is 0. The van der Waals surface area contributed by atoms with Crippen LogP contribution >= 0.6 is 0 Å². The first-order valence-electron chi connectivity index (χ1n) is 8.59. The molecule has 1 N–H and O–H groups in total. The van der Waals surface area contributed by atoms with E-state index in [0.717, 1.165) is 19.4 Å². The summed E-state index contributed by atoms with van der Waals surface area (Å²) in [5.41, 5.74) is 0. The second-order valence-corrected chi connectivity index (χ2v) is 5.63. The summed E-state index contributed by atoms with van der Waals surface area (Å²) in [5.74, 6) is 0. The standard InChI is InChI=1S/C17H36O3/c1-19-17-20-16-14-12-10-8-6-4-2-3-5-7-9-11-13-15-18/h18H,2-17H2,1H3. The van der Waals surface area contributed by atoms with E-state index < -0.39 is 0 Å². The first-order valence-corrected chi connectivity index (χ1v) is 8.59. The van der Waals surface area contributed by atoms with E-state index in [4.69, 9.17) is 14.6 Å². The molecule has 0 amide bonds. The Morgan fingerprint density at radius 1 is 0.600 bits per heavy atom. The summed E-state index contributed by atoms with van der Waals surface area (Å²) in [7, 11) is 1.66. The maximum Gasteiger partial charge on any atom is 0.146 e. The van der Waals surface area contributed by atoms with Crippen LogP contribution in [0.1, 0.15) is 83.5 Å². The van der Waals surface area contributed by atoms with Gasteiger partial charge in [0.25, 0.3) is 0 Å². The van der Waals surface area contributed by atoms with Crippen LogP contribution in [0.3, 0.4) is 0 Å². The Kier molecular flexibility index (Phi) is 18.8. The van der Waals surface area contributed by atoms with Gasteiger partial charge in [0.15, 0.2) is 0 Å². The Hall–Kier alpha value is -0.120. The van der Waals surface area contributed by atoms with Crippen LogP contribution in [0.5, 0.6) is 0 Å². The van der Waals surface area contributed by atoms with Crippen LogP contribution in [0.2, 0.25) is 0 Å². The number of aliphatic hydroxyl groups is 1. The Morgan fingerprint density at radius 2 is 1.00 bits per heavy atom. The fraction of sp³-hybridized carbons (Fsp3) is 1.00. The predicted octanol–water partition coefficient (Wildman–Crippen LogP) is 4.67. The molecule has 0 saturated carbocycles. The second kappa shape index (κ2) is 18.9. The normalized spacial score (nSPS) is 11.1. The van der Waals surface area contributed by atoms with Gasteiger partial charge in [-0.3, -0.25) is 0 Å². The molecule has 0 rings (SSSR count). The molecule has 0 spiro atoms. The van der Waals surface area contributed by atoms with Gasteiger partial charge < -0.3 is 14.6 Å². The van der Waals surface area contributed by atoms with Gasteiger partial charge in [-0.15, -0.1) is 0 Å². The molecule has 0 aliphatic heterocycles. The first kappa shape index (κ1) is 19.9. The molecular weight excluding hydrogens is 252 g/mol. The van der Waals surface area contributed by atoms with E-state index in [-0.39, 0.29) is 0 Å². The highest BCUT2D eigenvalue weighted by Crippen LogP contribution is 2.12. The lowest BCUT2D eigenvalue weighted by molar-refractivity contribution is -0.0315. The number of rotatable bonds is 17. The maximum absolute atomic E-state index is 8.67. The maximum atomic E-state index is 8.67. The van der Waals surface area contributed by atoms with Gasteiger partial charge in [-0.25, -0.2) is 0 Å². The van der Waals surface area contributed by atoms with Gasteiger partial charge in [-0.05, 0) is 12.8 Å². The van der Waals surface area contributed by atoms with E-state index in [2.05, 4.69) is 0 Å². The molecule has 20 heavy (non-hydrogen) atoms. The van der Waals surface area contributed by atoms with Crippen molar-refractivity contribution in [3.63, 3.8) is 0 Å². The number of aliphatic hydroxyl groups excluding tert-OH is 1. The van der Waals surface area contributed by atoms with E-state index in [1.54, 1.807) is 7.11 Å². The van der Waals surface area contributed by atoms with Gasteiger partial charge in [0.1, 0.15) is 6.79 Å². The van der Waals surface area contributed by atoms with Crippen LogP contribution in [0.15, 0.2) is 0 Å². The molecule has 0 aromatic carbocycles. The summed E-state index contributed by atoms with van der Waals surface area (Å²) in [5, 5.41) is 8.67. The third-order valence-corrected chi connectivity index (χ3v) is 3.65. The smallest absolute Gasteiger partial charge is 0.146 e. The summed E-state index contributed by atoms with van der Waals surface area (Å²) < 4.78 is 10.1. The molecule has 0 heterocycles. The quantitative estimate of drug-likeness (QED) is 0.312. The van der Waals surface area contributed by atoms with Gasteiger partial charge in [0.05, 0.1) is 0 Å². The highest BCUT2D eigenvalue weighted by molar-refractivity contribution is 4.49. The van der Waals surface area contributed by atoms with Gasteiger partial charge in [-0.2, -0.15) is 0 Å². The molecule has 0 aliphatic rings. The third kappa shape index (κ3) is 17.9. The number of methoxy groups -OCH3 is 1. The van der Waals surface area contributed by atoms with E-state index in [9.17, 15) is 0 Å². The van der Waals surface area contributed by atoms with Crippen LogP contribution in [0.4, 0.5) is 0 Å². The lowest BCUT2D eigenvalue weighted by Gasteiger charge is -2.04. The van der Waals surface area contributed by atoms with Crippen molar-refractivity contribution in [3.8, 4) is 0 Å². The average molecular weight is 288 g/mol. The lowest BCUT2D eigenvalue weighted by atomic mass is 10.0. The predicted molar refractivity (Wildman–Crippen MR) is 84.9 cm³/mol. The van der Waals surface area contributed by atoms with Crippen molar-refractivity contribution >= 4 is 0 Å². The highest BCUT2D eigenvalue weighted by atomic mass is 16.7. The first-order chi connectivity index (χ1) is 9.91.